The van der Waals surface area contributed by atoms with Gasteiger partial charge in [-0.2, -0.15) is 0 Å². The van der Waals surface area contributed by atoms with Crippen LogP contribution in [-0.2, 0) is 10.0 Å². The Kier molecular flexibility index (Phi) is 4.24. The molecule has 5 heteroatoms. The zero-order valence-electron chi connectivity index (χ0n) is 13.2. The first-order valence-corrected chi connectivity index (χ1v) is 9.08. The normalized spacial score (nSPS) is 13.3. The Morgan fingerprint density at radius 1 is 1.09 bits per heavy atom. The second kappa shape index (κ2) is 6.18. The van der Waals surface area contributed by atoms with E-state index in [0.29, 0.717) is 11.4 Å². The van der Waals surface area contributed by atoms with Gasteiger partial charge < -0.3 is 4.98 Å². The van der Waals surface area contributed by atoms with Gasteiger partial charge in [-0.15, -0.1) is 0 Å². The number of H-pyrrole nitrogens is 1. The van der Waals surface area contributed by atoms with E-state index >= 15 is 0 Å². The number of nitrogens with one attached hydrogen (secondary N) is 2. The fourth-order valence-electron chi connectivity index (χ4n) is 2.65. The van der Waals surface area contributed by atoms with Crippen LogP contribution in [0.15, 0.2) is 59.6 Å². The van der Waals surface area contributed by atoms with Crippen molar-refractivity contribution in [2.24, 2.45) is 0 Å². The lowest BCUT2D eigenvalue weighted by molar-refractivity contribution is 0.575. The Bertz CT molecular complexity index is 912. The van der Waals surface area contributed by atoms with Crippen LogP contribution in [0.1, 0.15) is 24.0 Å². The summed E-state index contributed by atoms with van der Waals surface area (Å²) in [6, 6.07) is 14.9. The molecule has 0 saturated heterocycles. The summed E-state index contributed by atoms with van der Waals surface area (Å²) in [5, 5.41) is 1.13. The minimum Gasteiger partial charge on any atom is -0.361 e. The van der Waals surface area contributed by atoms with Crippen LogP contribution >= 0.6 is 0 Å². The van der Waals surface area contributed by atoms with Gasteiger partial charge in [0.25, 0.3) is 0 Å². The molecule has 0 aliphatic heterocycles. The number of sulfonamides is 1. The third-order valence-corrected chi connectivity index (χ3v) is 5.50. The van der Waals surface area contributed by atoms with Crippen molar-refractivity contribution in [1.29, 1.82) is 0 Å². The first kappa shape index (κ1) is 15.8. The molecule has 2 N–H and O–H groups in total. The maximum absolute atomic E-state index is 12.4. The van der Waals surface area contributed by atoms with Crippen LogP contribution in [0, 0.1) is 6.92 Å². The Balaban J connectivity index is 1.76. The number of benzene rings is 2. The van der Waals surface area contributed by atoms with E-state index in [2.05, 4.69) is 9.71 Å². The Morgan fingerprint density at radius 3 is 2.52 bits per heavy atom. The monoisotopic (exact) mass is 328 g/mol. The van der Waals surface area contributed by atoms with Crippen molar-refractivity contribution in [3.8, 4) is 0 Å². The van der Waals surface area contributed by atoms with Gasteiger partial charge in [0.15, 0.2) is 0 Å². The first-order chi connectivity index (χ1) is 11.0. The minimum absolute atomic E-state index is 0.0753. The van der Waals surface area contributed by atoms with E-state index in [1.807, 2.05) is 44.3 Å². The number of para-hydroxylation sites is 1. The lowest BCUT2D eigenvalue weighted by atomic mass is 10.0. The minimum atomic E-state index is -3.48. The molecule has 3 aromatic rings. The SMILES string of the molecule is Cc1ccc(S(=O)(=O)NC[C@H](C)c2c[nH]c3ccccc23)cc1. The van der Waals surface area contributed by atoms with Crippen LogP contribution in [0.5, 0.6) is 0 Å². The average Bonchev–Trinajstić information content (AvgIpc) is 2.97. The largest absolute Gasteiger partial charge is 0.361 e. The number of hydrogen-bond acceptors (Lipinski definition) is 2. The molecule has 1 atom stereocenters. The van der Waals surface area contributed by atoms with Gasteiger partial charge >= 0.3 is 0 Å². The van der Waals surface area contributed by atoms with E-state index in [1.54, 1.807) is 24.3 Å². The molecule has 0 bridgehead atoms. The van der Waals surface area contributed by atoms with Gasteiger partial charge in [0.05, 0.1) is 4.90 Å². The number of aromatic amines is 1. The summed E-state index contributed by atoms with van der Waals surface area (Å²) in [5.74, 6) is 0.0753. The van der Waals surface area contributed by atoms with Gasteiger partial charge in [-0.1, -0.05) is 42.8 Å². The van der Waals surface area contributed by atoms with Crippen LogP contribution in [0.4, 0.5) is 0 Å². The molecule has 4 nitrogen and oxygen atoms in total. The smallest absolute Gasteiger partial charge is 0.240 e. The third-order valence-electron chi connectivity index (χ3n) is 4.06. The molecule has 0 aliphatic carbocycles. The third kappa shape index (κ3) is 3.30. The van der Waals surface area contributed by atoms with Gasteiger partial charge in [0, 0.05) is 23.6 Å². The summed E-state index contributed by atoms with van der Waals surface area (Å²) in [7, 11) is -3.48. The second-order valence-electron chi connectivity index (χ2n) is 5.86. The van der Waals surface area contributed by atoms with Crippen molar-refractivity contribution < 1.29 is 8.42 Å². The molecule has 0 aliphatic rings. The summed E-state index contributed by atoms with van der Waals surface area (Å²) in [6.07, 6.45) is 1.95. The van der Waals surface area contributed by atoms with E-state index in [4.69, 9.17) is 0 Å². The molecular formula is C18H20N2O2S. The molecule has 0 amide bonds. The Morgan fingerprint density at radius 2 is 1.78 bits per heavy atom. The van der Waals surface area contributed by atoms with Crippen molar-refractivity contribution in [1.82, 2.24) is 9.71 Å². The molecule has 23 heavy (non-hydrogen) atoms. The lowest BCUT2D eigenvalue weighted by Gasteiger charge is -2.13. The highest BCUT2D eigenvalue weighted by Gasteiger charge is 2.17. The van der Waals surface area contributed by atoms with Crippen LogP contribution < -0.4 is 4.72 Å². The molecule has 2 aromatic carbocycles. The molecule has 0 radical (unpaired) electrons. The Hall–Kier alpha value is -2.11. The molecule has 1 aromatic heterocycles. The summed E-state index contributed by atoms with van der Waals surface area (Å²) < 4.78 is 27.4. The van der Waals surface area contributed by atoms with E-state index in [9.17, 15) is 8.42 Å². The quantitative estimate of drug-likeness (QED) is 0.752. The van der Waals surface area contributed by atoms with Crippen molar-refractivity contribution in [2.45, 2.75) is 24.7 Å². The highest BCUT2D eigenvalue weighted by molar-refractivity contribution is 7.89. The number of aryl methyl sites for hydroxylation is 1. The van der Waals surface area contributed by atoms with Crippen LogP contribution in [0.2, 0.25) is 0 Å². The first-order valence-electron chi connectivity index (χ1n) is 7.60. The molecule has 0 fully saturated rings. The van der Waals surface area contributed by atoms with Gasteiger partial charge in [0.1, 0.15) is 0 Å². The predicted octanol–water partition coefficient (Wildman–Crippen LogP) is 3.56. The van der Waals surface area contributed by atoms with E-state index in [0.717, 1.165) is 22.0 Å². The summed E-state index contributed by atoms with van der Waals surface area (Å²) in [6.45, 7) is 4.31. The number of rotatable bonds is 5. The zero-order chi connectivity index (χ0) is 16.4. The standard InChI is InChI=1S/C18H20N2O2S/c1-13-7-9-15(10-8-13)23(21,22)20-11-14(2)17-12-19-18-6-4-3-5-16(17)18/h3-10,12,14,19-20H,11H2,1-2H3/t14-/m0/s1. The molecule has 3 rings (SSSR count). The van der Waals surface area contributed by atoms with Gasteiger partial charge in [-0.05, 0) is 36.6 Å². The molecular weight excluding hydrogens is 308 g/mol. The van der Waals surface area contributed by atoms with E-state index < -0.39 is 10.0 Å². The van der Waals surface area contributed by atoms with Crippen molar-refractivity contribution in [3.05, 3.63) is 65.9 Å². The molecule has 120 valence electrons. The average molecular weight is 328 g/mol. The number of hydrogen-bond donors (Lipinski definition) is 2. The topological polar surface area (TPSA) is 62.0 Å². The number of aromatic nitrogens is 1. The van der Waals surface area contributed by atoms with Crippen LogP contribution in [0.3, 0.4) is 0 Å². The summed E-state index contributed by atoms with van der Waals surface area (Å²) in [5.41, 5.74) is 3.22. The van der Waals surface area contributed by atoms with Gasteiger partial charge in [0.2, 0.25) is 10.0 Å². The van der Waals surface area contributed by atoms with Crippen LogP contribution in [0.25, 0.3) is 10.9 Å². The van der Waals surface area contributed by atoms with Crippen LogP contribution in [-0.4, -0.2) is 19.9 Å². The molecule has 0 spiro atoms. The molecule has 0 unspecified atom stereocenters. The van der Waals surface area contributed by atoms with Gasteiger partial charge in [-0.25, -0.2) is 13.1 Å². The highest BCUT2D eigenvalue weighted by atomic mass is 32.2. The zero-order valence-corrected chi connectivity index (χ0v) is 14.0. The summed E-state index contributed by atoms with van der Waals surface area (Å²) >= 11 is 0. The van der Waals surface area contributed by atoms with Gasteiger partial charge in [-0.3, -0.25) is 0 Å². The van der Waals surface area contributed by atoms with Crippen molar-refractivity contribution >= 4 is 20.9 Å². The maximum Gasteiger partial charge on any atom is 0.240 e. The number of fused-ring (bicyclic) bond motifs is 1. The maximum atomic E-state index is 12.4. The highest BCUT2D eigenvalue weighted by Crippen LogP contribution is 2.25. The Labute approximate surface area is 136 Å². The summed E-state index contributed by atoms with van der Waals surface area (Å²) in [4.78, 5) is 3.53. The van der Waals surface area contributed by atoms with E-state index in [1.165, 1.54) is 0 Å². The fourth-order valence-corrected chi connectivity index (χ4v) is 3.78. The second-order valence-corrected chi connectivity index (χ2v) is 7.62. The van der Waals surface area contributed by atoms with Crippen molar-refractivity contribution in [3.63, 3.8) is 0 Å². The molecule has 1 heterocycles. The van der Waals surface area contributed by atoms with Crippen molar-refractivity contribution in [2.75, 3.05) is 6.54 Å². The van der Waals surface area contributed by atoms with E-state index in [-0.39, 0.29) is 5.92 Å². The fraction of sp³-hybridized carbons (Fsp3) is 0.222. The lowest BCUT2D eigenvalue weighted by Crippen LogP contribution is -2.27. The molecule has 0 saturated carbocycles. The predicted molar refractivity (Wildman–Crippen MR) is 93.1 cm³/mol.